The Morgan fingerprint density at radius 1 is 0.917 bits per heavy atom. The monoisotopic (exact) mass is 191 g/mol. The molecule has 0 aromatic rings. The van der Waals surface area contributed by atoms with E-state index in [4.69, 9.17) is 11.8 Å². The minimum atomic E-state index is 0.755. The molecule has 74 valence electrons. The fourth-order valence-electron chi connectivity index (χ4n) is 0.908. The molecule has 0 aromatic carbocycles. The lowest BCUT2D eigenvalue weighted by molar-refractivity contribution is 0.378. The van der Waals surface area contributed by atoms with Gasteiger partial charge in [-0.1, -0.05) is 27.7 Å². The van der Waals surface area contributed by atoms with Gasteiger partial charge in [0.25, 0.3) is 0 Å². The molecule has 0 saturated carbocycles. The van der Waals surface area contributed by atoms with E-state index >= 15 is 0 Å². The van der Waals surface area contributed by atoms with Crippen LogP contribution < -0.4 is 0 Å². The largest absolute Gasteiger partial charge is 0.220 e. The van der Waals surface area contributed by atoms with Crippen LogP contribution in [0.1, 0.15) is 40.5 Å². The van der Waals surface area contributed by atoms with Crippen molar-refractivity contribution < 1.29 is 0 Å². The van der Waals surface area contributed by atoms with E-state index in [-0.39, 0.29) is 0 Å². The van der Waals surface area contributed by atoms with Crippen LogP contribution in [0.2, 0.25) is 0 Å². The fourth-order valence-corrected chi connectivity index (χ4v) is 1.10. The number of halogens is 1. The zero-order chi connectivity index (χ0) is 9.56. The summed E-state index contributed by atoms with van der Waals surface area (Å²) in [4.78, 5) is 0. The molecule has 0 unspecified atom stereocenters. The van der Waals surface area contributed by atoms with E-state index in [0.29, 0.717) is 0 Å². The maximum absolute atomic E-state index is 6.00. The van der Waals surface area contributed by atoms with Crippen molar-refractivity contribution in [1.82, 2.24) is 4.42 Å². The first-order chi connectivity index (χ1) is 5.52. The van der Waals surface area contributed by atoms with Gasteiger partial charge in [0, 0.05) is 13.1 Å². The molecule has 0 aromatic heterocycles. The summed E-state index contributed by atoms with van der Waals surface area (Å²) < 4.78 is 1.92. The molecule has 0 radical (unpaired) electrons. The highest BCUT2D eigenvalue weighted by molar-refractivity contribution is 6.13. The lowest BCUT2D eigenvalue weighted by Gasteiger charge is -2.15. The third-order valence-electron chi connectivity index (χ3n) is 1.90. The molecule has 2 heteroatoms. The zero-order valence-electron chi connectivity index (χ0n) is 8.81. The van der Waals surface area contributed by atoms with Gasteiger partial charge in [-0.05, 0) is 36.5 Å². The average Bonchev–Trinajstić information content (AvgIpc) is 1.96. The smallest absolute Gasteiger partial charge is 0.0141 e. The first-order valence-corrected chi connectivity index (χ1v) is 5.27. The van der Waals surface area contributed by atoms with Crippen molar-refractivity contribution in [1.29, 1.82) is 0 Å². The lowest BCUT2D eigenvalue weighted by Crippen LogP contribution is -2.17. The van der Waals surface area contributed by atoms with E-state index in [1.54, 1.807) is 0 Å². The number of rotatable bonds is 6. The van der Waals surface area contributed by atoms with Crippen LogP contribution >= 0.6 is 11.8 Å². The fraction of sp³-hybridized carbons (Fsp3) is 1.00. The summed E-state index contributed by atoms with van der Waals surface area (Å²) in [6, 6.07) is 0. The van der Waals surface area contributed by atoms with Crippen LogP contribution in [-0.4, -0.2) is 17.5 Å². The topological polar surface area (TPSA) is 3.24 Å². The molecule has 0 saturated heterocycles. The summed E-state index contributed by atoms with van der Waals surface area (Å²) in [5, 5.41) is 0. The maximum atomic E-state index is 6.00. The Kier molecular flexibility index (Phi) is 6.87. The molecule has 0 spiro atoms. The van der Waals surface area contributed by atoms with Crippen molar-refractivity contribution in [2.24, 2.45) is 11.8 Å². The van der Waals surface area contributed by atoms with Gasteiger partial charge in [0.15, 0.2) is 0 Å². The SMILES string of the molecule is CC(C)CCN(Cl)CCC(C)C. The van der Waals surface area contributed by atoms with Crippen LogP contribution in [0.4, 0.5) is 0 Å². The summed E-state index contributed by atoms with van der Waals surface area (Å²) in [6.45, 7) is 11.0. The second-order valence-electron chi connectivity index (χ2n) is 4.27. The summed E-state index contributed by atoms with van der Waals surface area (Å²) in [7, 11) is 0. The highest BCUT2D eigenvalue weighted by atomic mass is 35.5. The molecule has 0 fully saturated rings. The highest BCUT2D eigenvalue weighted by Crippen LogP contribution is 2.07. The first kappa shape index (κ1) is 12.2. The van der Waals surface area contributed by atoms with E-state index in [2.05, 4.69) is 27.7 Å². The second kappa shape index (κ2) is 6.73. The van der Waals surface area contributed by atoms with E-state index < -0.39 is 0 Å². The van der Waals surface area contributed by atoms with Crippen molar-refractivity contribution in [3.8, 4) is 0 Å². The van der Waals surface area contributed by atoms with E-state index in [1.165, 1.54) is 12.8 Å². The number of hydrogen-bond acceptors (Lipinski definition) is 1. The normalized spacial score (nSPS) is 12.0. The van der Waals surface area contributed by atoms with Gasteiger partial charge in [-0.2, -0.15) is 0 Å². The Bertz CT molecular complexity index is 90.0. The van der Waals surface area contributed by atoms with Crippen molar-refractivity contribution in [3.63, 3.8) is 0 Å². The Hall–Kier alpha value is 0.250. The van der Waals surface area contributed by atoms with E-state index in [9.17, 15) is 0 Å². The van der Waals surface area contributed by atoms with E-state index in [0.717, 1.165) is 24.9 Å². The third kappa shape index (κ3) is 8.35. The van der Waals surface area contributed by atoms with Crippen molar-refractivity contribution >= 4 is 11.8 Å². The van der Waals surface area contributed by atoms with Gasteiger partial charge in [0.2, 0.25) is 0 Å². The molecule has 12 heavy (non-hydrogen) atoms. The molecule has 0 aliphatic rings. The van der Waals surface area contributed by atoms with Crippen LogP contribution in [0.25, 0.3) is 0 Å². The summed E-state index contributed by atoms with van der Waals surface area (Å²) in [5.41, 5.74) is 0. The van der Waals surface area contributed by atoms with Crippen molar-refractivity contribution in [2.75, 3.05) is 13.1 Å². The molecule has 0 amide bonds. The molecule has 1 nitrogen and oxygen atoms in total. The molecular formula is C10H22ClN. The Labute approximate surface area is 82.2 Å². The second-order valence-corrected chi connectivity index (χ2v) is 4.75. The minimum Gasteiger partial charge on any atom is -0.220 e. The average molecular weight is 192 g/mol. The van der Waals surface area contributed by atoms with Gasteiger partial charge in [0.1, 0.15) is 0 Å². The quantitative estimate of drug-likeness (QED) is 0.581. The molecule has 0 atom stereocenters. The molecule has 0 heterocycles. The molecule has 0 aliphatic heterocycles. The van der Waals surface area contributed by atoms with Gasteiger partial charge >= 0.3 is 0 Å². The standard InChI is InChI=1S/C10H22ClN/c1-9(2)5-7-12(11)8-6-10(3)4/h9-10H,5-8H2,1-4H3. The van der Waals surface area contributed by atoms with Gasteiger partial charge < -0.3 is 0 Å². The molecule has 0 N–H and O–H groups in total. The number of hydrogen-bond donors (Lipinski definition) is 0. The summed E-state index contributed by atoms with van der Waals surface area (Å²) in [6.07, 6.45) is 2.39. The molecule has 0 aliphatic carbocycles. The van der Waals surface area contributed by atoms with Crippen molar-refractivity contribution in [2.45, 2.75) is 40.5 Å². The predicted octanol–water partition coefficient (Wildman–Crippen LogP) is 3.53. The maximum Gasteiger partial charge on any atom is 0.0141 e. The van der Waals surface area contributed by atoms with Gasteiger partial charge in [0.05, 0.1) is 0 Å². The summed E-state index contributed by atoms with van der Waals surface area (Å²) >= 11 is 6.00. The minimum absolute atomic E-state index is 0.755. The molecule has 0 rings (SSSR count). The van der Waals surface area contributed by atoms with Crippen LogP contribution in [0.5, 0.6) is 0 Å². The van der Waals surface area contributed by atoms with Crippen molar-refractivity contribution in [3.05, 3.63) is 0 Å². The summed E-state index contributed by atoms with van der Waals surface area (Å²) in [5.74, 6) is 1.51. The third-order valence-corrected chi connectivity index (χ3v) is 2.24. The van der Waals surface area contributed by atoms with E-state index in [1.807, 2.05) is 4.42 Å². The first-order valence-electron chi connectivity index (χ1n) is 4.93. The molecule has 0 bridgehead atoms. The Morgan fingerprint density at radius 3 is 1.50 bits per heavy atom. The van der Waals surface area contributed by atoms with Gasteiger partial charge in [-0.3, -0.25) is 0 Å². The van der Waals surface area contributed by atoms with Crippen LogP contribution in [-0.2, 0) is 0 Å². The zero-order valence-corrected chi connectivity index (χ0v) is 9.56. The van der Waals surface area contributed by atoms with Crippen LogP contribution in [0.15, 0.2) is 0 Å². The van der Waals surface area contributed by atoms with Crippen LogP contribution in [0.3, 0.4) is 0 Å². The Balaban J connectivity index is 3.27. The number of nitrogens with zero attached hydrogens (tertiary/aromatic N) is 1. The predicted molar refractivity (Wildman–Crippen MR) is 56.3 cm³/mol. The van der Waals surface area contributed by atoms with Gasteiger partial charge in [-0.25, -0.2) is 4.42 Å². The lowest BCUT2D eigenvalue weighted by atomic mass is 10.1. The van der Waals surface area contributed by atoms with Crippen LogP contribution in [0, 0.1) is 11.8 Å². The molecular weight excluding hydrogens is 170 g/mol. The van der Waals surface area contributed by atoms with Gasteiger partial charge in [-0.15, -0.1) is 0 Å². The Morgan fingerprint density at radius 2 is 1.25 bits per heavy atom. The highest BCUT2D eigenvalue weighted by Gasteiger charge is 2.03.